The number of phenolic OH excluding ortho intramolecular Hbond substituents is 1. The van der Waals surface area contributed by atoms with Crippen LogP contribution in [-0.2, 0) is 4.84 Å². The van der Waals surface area contributed by atoms with E-state index in [1.54, 1.807) is 18.2 Å². The SMILES string of the molecule is CCCCCCCCCCC/C(=N\OC(=O)Nc1ccccc1)c1cc(C)ccc1O. The molecule has 2 aromatic rings. The number of aromatic hydroxyl groups is 1. The highest BCUT2D eigenvalue weighted by Crippen LogP contribution is 2.22. The van der Waals surface area contributed by atoms with E-state index in [9.17, 15) is 9.90 Å². The molecule has 0 saturated heterocycles. The number of rotatable bonds is 13. The van der Waals surface area contributed by atoms with Gasteiger partial charge in [0, 0.05) is 11.3 Å². The van der Waals surface area contributed by atoms with Crippen LogP contribution in [0.25, 0.3) is 0 Å². The second-order valence-electron chi connectivity index (χ2n) is 8.01. The van der Waals surface area contributed by atoms with Gasteiger partial charge in [-0.15, -0.1) is 0 Å². The van der Waals surface area contributed by atoms with Crippen LogP contribution in [0.3, 0.4) is 0 Å². The molecule has 2 aromatic carbocycles. The monoisotopic (exact) mass is 424 g/mol. The lowest BCUT2D eigenvalue weighted by Crippen LogP contribution is -2.13. The van der Waals surface area contributed by atoms with E-state index >= 15 is 0 Å². The first-order valence-electron chi connectivity index (χ1n) is 11.5. The molecule has 5 heteroatoms. The van der Waals surface area contributed by atoms with Crippen LogP contribution in [0.2, 0.25) is 0 Å². The van der Waals surface area contributed by atoms with Crippen molar-refractivity contribution in [2.75, 3.05) is 5.32 Å². The summed E-state index contributed by atoms with van der Waals surface area (Å²) in [5.74, 6) is 0.146. The van der Waals surface area contributed by atoms with Crippen LogP contribution in [0.4, 0.5) is 10.5 Å². The Morgan fingerprint density at radius 2 is 1.58 bits per heavy atom. The van der Waals surface area contributed by atoms with Crippen molar-refractivity contribution >= 4 is 17.5 Å². The molecule has 0 aliphatic rings. The highest BCUT2D eigenvalue weighted by atomic mass is 16.7. The fourth-order valence-electron chi connectivity index (χ4n) is 3.47. The average molecular weight is 425 g/mol. The van der Waals surface area contributed by atoms with Gasteiger partial charge < -0.3 is 5.11 Å². The number of hydrogen-bond donors (Lipinski definition) is 2. The van der Waals surface area contributed by atoms with E-state index in [2.05, 4.69) is 17.4 Å². The van der Waals surface area contributed by atoms with Gasteiger partial charge in [-0.1, -0.05) is 93.3 Å². The molecule has 31 heavy (non-hydrogen) atoms. The standard InChI is InChI=1S/C26H36N2O3/c1-3-4-5-6-7-8-9-10-14-17-24(23-20-21(2)18-19-25(23)29)28-31-26(30)27-22-15-12-11-13-16-22/h11-13,15-16,18-20,29H,3-10,14,17H2,1-2H3,(H,27,30)/b28-24+. The Morgan fingerprint density at radius 3 is 2.26 bits per heavy atom. The lowest BCUT2D eigenvalue weighted by molar-refractivity contribution is 0.166. The quantitative estimate of drug-likeness (QED) is 0.151. The van der Waals surface area contributed by atoms with Gasteiger partial charge in [-0.2, -0.15) is 0 Å². The number of carbonyl (C=O) groups excluding carboxylic acids is 1. The van der Waals surface area contributed by atoms with Gasteiger partial charge >= 0.3 is 6.09 Å². The number of benzene rings is 2. The largest absolute Gasteiger partial charge is 0.507 e. The van der Waals surface area contributed by atoms with Crippen molar-refractivity contribution in [1.29, 1.82) is 0 Å². The maximum Gasteiger partial charge on any atom is 0.437 e. The molecule has 2 rings (SSSR count). The Hall–Kier alpha value is -2.82. The molecule has 0 atom stereocenters. The van der Waals surface area contributed by atoms with E-state index in [4.69, 9.17) is 4.84 Å². The number of nitrogens with zero attached hydrogens (tertiary/aromatic N) is 1. The van der Waals surface area contributed by atoms with Crippen LogP contribution in [0.5, 0.6) is 5.75 Å². The molecule has 0 bridgehead atoms. The molecule has 0 unspecified atom stereocenters. The van der Waals surface area contributed by atoms with Crippen molar-refractivity contribution in [3.05, 3.63) is 59.7 Å². The second-order valence-corrected chi connectivity index (χ2v) is 8.01. The zero-order valence-electron chi connectivity index (χ0n) is 18.9. The van der Waals surface area contributed by atoms with Gasteiger partial charge in [-0.05, 0) is 44.0 Å². The van der Waals surface area contributed by atoms with Crippen molar-refractivity contribution in [3.8, 4) is 5.75 Å². The molecule has 168 valence electrons. The zero-order valence-corrected chi connectivity index (χ0v) is 18.9. The summed E-state index contributed by atoms with van der Waals surface area (Å²) in [7, 11) is 0. The summed E-state index contributed by atoms with van der Waals surface area (Å²) in [6, 6.07) is 14.5. The molecule has 0 saturated carbocycles. The molecule has 0 aliphatic carbocycles. The summed E-state index contributed by atoms with van der Waals surface area (Å²) < 4.78 is 0. The number of amides is 1. The van der Waals surface area contributed by atoms with Crippen molar-refractivity contribution in [1.82, 2.24) is 0 Å². The number of anilines is 1. The van der Waals surface area contributed by atoms with Gasteiger partial charge in [0.25, 0.3) is 0 Å². The summed E-state index contributed by atoms with van der Waals surface area (Å²) in [5.41, 5.74) is 2.86. The van der Waals surface area contributed by atoms with Crippen LogP contribution >= 0.6 is 0 Å². The minimum absolute atomic E-state index is 0.146. The molecule has 0 heterocycles. The minimum Gasteiger partial charge on any atom is -0.507 e. The first kappa shape index (κ1) is 24.4. The summed E-state index contributed by atoms with van der Waals surface area (Å²) in [4.78, 5) is 17.2. The number of nitrogens with one attached hydrogen (secondary N) is 1. The smallest absolute Gasteiger partial charge is 0.437 e. The Morgan fingerprint density at radius 1 is 0.935 bits per heavy atom. The summed E-state index contributed by atoms with van der Waals surface area (Å²) in [6.07, 6.45) is 11.0. The molecular weight excluding hydrogens is 388 g/mol. The molecule has 5 nitrogen and oxygen atoms in total. The Kier molecular flexibility index (Phi) is 11.2. The number of oxime groups is 1. The lowest BCUT2D eigenvalue weighted by Gasteiger charge is -2.10. The number of para-hydroxylation sites is 1. The number of carbonyl (C=O) groups is 1. The summed E-state index contributed by atoms with van der Waals surface area (Å²) in [5, 5.41) is 17.1. The summed E-state index contributed by atoms with van der Waals surface area (Å²) in [6.45, 7) is 4.20. The molecule has 2 N–H and O–H groups in total. The van der Waals surface area contributed by atoms with Gasteiger partial charge in [0.05, 0.1) is 5.71 Å². The molecule has 0 fully saturated rings. The van der Waals surface area contributed by atoms with Crippen molar-refractivity contribution in [2.24, 2.45) is 5.16 Å². The van der Waals surface area contributed by atoms with Crippen molar-refractivity contribution < 1.29 is 14.7 Å². The number of unbranched alkanes of at least 4 members (excludes halogenated alkanes) is 8. The van der Waals surface area contributed by atoms with Crippen molar-refractivity contribution in [3.63, 3.8) is 0 Å². The van der Waals surface area contributed by atoms with E-state index in [1.165, 1.54) is 44.9 Å². The zero-order chi connectivity index (χ0) is 22.3. The lowest BCUT2D eigenvalue weighted by atomic mass is 10.00. The Balaban J connectivity index is 1.90. The first-order valence-corrected chi connectivity index (χ1v) is 11.5. The van der Waals surface area contributed by atoms with Crippen LogP contribution < -0.4 is 5.32 Å². The predicted octanol–water partition coefficient (Wildman–Crippen LogP) is 7.57. The van der Waals surface area contributed by atoms with Gasteiger partial charge in [0.15, 0.2) is 0 Å². The van der Waals surface area contributed by atoms with Gasteiger partial charge in [0.1, 0.15) is 5.75 Å². The Labute approximate surface area is 186 Å². The highest BCUT2D eigenvalue weighted by molar-refractivity contribution is 6.03. The normalized spacial score (nSPS) is 11.4. The number of aryl methyl sites for hydroxylation is 1. The molecule has 0 aromatic heterocycles. The fourth-order valence-corrected chi connectivity index (χ4v) is 3.47. The van der Waals surface area contributed by atoms with E-state index in [0.717, 1.165) is 18.4 Å². The highest BCUT2D eigenvalue weighted by Gasteiger charge is 2.12. The van der Waals surface area contributed by atoms with Gasteiger partial charge in [-0.3, -0.25) is 10.2 Å². The van der Waals surface area contributed by atoms with E-state index in [0.29, 0.717) is 23.4 Å². The van der Waals surface area contributed by atoms with Crippen LogP contribution in [-0.4, -0.2) is 16.9 Å². The summed E-state index contributed by atoms with van der Waals surface area (Å²) >= 11 is 0. The molecule has 0 aliphatic heterocycles. The maximum atomic E-state index is 12.1. The molecule has 1 amide bonds. The minimum atomic E-state index is -0.650. The van der Waals surface area contributed by atoms with Crippen LogP contribution in [0.1, 0.15) is 82.3 Å². The maximum absolute atomic E-state index is 12.1. The van der Waals surface area contributed by atoms with E-state index in [-0.39, 0.29) is 5.75 Å². The van der Waals surface area contributed by atoms with Gasteiger partial charge in [-0.25, -0.2) is 4.79 Å². The third-order valence-corrected chi connectivity index (χ3v) is 5.24. The third-order valence-electron chi connectivity index (χ3n) is 5.24. The van der Waals surface area contributed by atoms with E-state index < -0.39 is 6.09 Å². The van der Waals surface area contributed by atoms with Crippen LogP contribution in [0, 0.1) is 6.92 Å². The number of hydrogen-bond acceptors (Lipinski definition) is 4. The fraction of sp³-hybridized carbons (Fsp3) is 0.462. The van der Waals surface area contributed by atoms with Gasteiger partial charge in [0.2, 0.25) is 0 Å². The molecule has 0 radical (unpaired) electrons. The predicted molar refractivity (Wildman–Crippen MR) is 128 cm³/mol. The van der Waals surface area contributed by atoms with Crippen LogP contribution in [0.15, 0.2) is 53.7 Å². The second kappa shape index (κ2) is 14.2. The first-order chi connectivity index (χ1) is 15.1. The van der Waals surface area contributed by atoms with E-state index in [1.807, 2.05) is 37.3 Å². The topological polar surface area (TPSA) is 70.9 Å². The average Bonchev–Trinajstić information content (AvgIpc) is 2.77. The molecular formula is C26H36N2O3. The Bertz CT molecular complexity index is 819. The van der Waals surface area contributed by atoms with Crippen molar-refractivity contribution in [2.45, 2.75) is 78.1 Å². The third kappa shape index (κ3) is 9.69. The molecule has 0 spiro atoms. The number of phenols is 1.